The third-order valence-electron chi connectivity index (χ3n) is 5.00. The van der Waals surface area contributed by atoms with E-state index in [1.807, 2.05) is 29.6 Å². The van der Waals surface area contributed by atoms with Crippen molar-refractivity contribution in [2.45, 2.75) is 6.92 Å². The molecule has 0 spiro atoms. The zero-order valence-corrected chi connectivity index (χ0v) is 17.5. The molecule has 1 aliphatic heterocycles. The van der Waals surface area contributed by atoms with Crippen LogP contribution in [0.25, 0.3) is 10.6 Å². The standard InChI is InChI=1S/C22H22N4O3S/c1-16(27)17-4-6-18(7-5-17)29-15-22(28)26-12-10-25(11-13-26)21-9-8-19(23-24-21)20-3-2-14-30-20/h2-9,14H,10-13,15H2,1H3. The second kappa shape index (κ2) is 9.04. The number of Topliss-reactive ketones (excluding diaryl/α,β-unsaturated/α-hetero) is 1. The molecule has 1 aromatic carbocycles. The van der Waals surface area contributed by atoms with Crippen molar-refractivity contribution in [2.75, 3.05) is 37.7 Å². The minimum atomic E-state index is -0.0515. The Bertz CT molecular complexity index is 996. The summed E-state index contributed by atoms with van der Waals surface area (Å²) >= 11 is 1.64. The van der Waals surface area contributed by atoms with E-state index in [1.165, 1.54) is 6.92 Å². The number of piperazine rings is 1. The minimum Gasteiger partial charge on any atom is -0.484 e. The Balaban J connectivity index is 1.26. The Labute approximate surface area is 178 Å². The summed E-state index contributed by atoms with van der Waals surface area (Å²) in [6.45, 7) is 4.12. The molecule has 0 aliphatic carbocycles. The summed E-state index contributed by atoms with van der Waals surface area (Å²) < 4.78 is 5.58. The summed E-state index contributed by atoms with van der Waals surface area (Å²) in [5, 5.41) is 10.7. The maximum Gasteiger partial charge on any atom is 0.260 e. The van der Waals surface area contributed by atoms with E-state index in [0.717, 1.165) is 16.4 Å². The molecular formula is C22H22N4O3S. The lowest BCUT2D eigenvalue weighted by Gasteiger charge is -2.35. The van der Waals surface area contributed by atoms with E-state index >= 15 is 0 Å². The number of hydrogen-bond acceptors (Lipinski definition) is 7. The summed E-state index contributed by atoms with van der Waals surface area (Å²) in [5.41, 5.74) is 1.49. The van der Waals surface area contributed by atoms with E-state index in [9.17, 15) is 9.59 Å². The molecule has 0 atom stereocenters. The molecule has 3 heterocycles. The fourth-order valence-corrected chi connectivity index (χ4v) is 3.95. The van der Waals surface area contributed by atoms with Gasteiger partial charge in [0.05, 0.1) is 4.88 Å². The molecule has 8 heteroatoms. The highest BCUT2D eigenvalue weighted by atomic mass is 32.1. The molecule has 0 bridgehead atoms. The number of rotatable bonds is 6. The van der Waals surface area contributed by atoms with Crippen molar-refractivity contribution in [2.24, 2.45) is 0 Å². The Morgan fingerprint density at radius 3 is 2.37 bits per heavy atom. The van der Waals surface area contributed by atoms with Crippen LogP contribution in [-0.4, -0.2) is 59.6 Å². The smallest absolute Gasteiger partial charge is 0.260 e. The maximum atomic E-state index is 12.5. The number of carbonyl (C=O) groups excluding carboxylic acids is 2. The quantitative estimate of drug-likeness (QED) is 0.568. The average molecular weight is 423 g/mol. The van der Waals surface area contributed by atoms with Gasteiger partial charge in [0.2, 0.25) is 0 Å². The van der Waals surface area contributed by atoms with Gasteiger partial charge in [0.25, 0.3) is 5.91 Å². The molecule has 154 valence electrons. The fourth-order valence-electron chi connectivity index (χ4n) is 3.26. The monoisotopic (exact) mass is 422 g/mol. The molecule has 1 saturated heterocycles. The molecule has 0 saturated carbocycles. The van der Waals surface area contributed by atoms with Crippen LogP contribution in [0.4, 0.5) is 5.82 Å². The van der Waals surface area contributed by atoms with Gasteiger partial charge in [0.15, 0.2) is 18.2 Å². The van der Waals surface area contributed by atoms with Crippen LogP contribution in [0.2, 0.25) is 0 Å². The van der Waals surface area contributed by atoms with E-state index < -0.39 is 0 Å². The number of hydrogen-bond donors (Lipinski definition) is 0. The lowest BCUT2D eigenvalue weighted by atomic mass is 10.1. The molecule has 0 unspecified atom stereocenters. The molecule has 2 aromatic heterocycles. The van der Waals surface area contributed by atoms with Crippen LogP contribution in [0.1, 0.15) is 17.3 Å². The van der Waals surface area contributed by atoms with Gasteiger partial charge in [0, 0.05) is 31.7 Å². The van der Waals surface area contributed by atoms with E-state index in [4.69, 9.17) is 4.74 Å². The van der Waals surface area contributed by atoms with Gasteiger partial charge in [-0.3, -0.25) is 9.59 Å². The molecule has 0 radical (unpaired) electrons. The minimum absolute atomic E-state index is 0.00125. The van der Waals surface area contributed by atoms with Gasteiger partial charge in [-0.15, -0.1) is 21.5 Å². The van der Waals surface area contributed by atoms with Crippen molar-refractivity contribution >= 4 is 28.8 Å². The number of thiophene rings is 1. The van der Waals surface area contributed by atoms with Crippen LogP contribution in [0.5, 0.6) is 5.75 Å². The van der Waals surface area contributed by atoms with E-state index in [-0.39, 0.29) is 18.3 Å². The summed E-state index contributed by atoms with van der Waals surface area (Å²) in [7, 11) is 0. The first kappa shape index (κ1) is 20.0. The highest BCUT2D eigenvalue weighted by Crippen LogP contribution is 2.23. The Hall–Kier alpha value is -3.26. The maximum absolute atomic E-state index is 12.5. The largest absolute Gasteiger partial charge is 0.484 e. The van der Waals surface area contributed by atoms with E-state index in [0.29, 0.717) is 37.5 Å². The number of amides is 1. The number of carbonyl (C=O) groups is 2. The van der Waals surface area contributed by atoms with Crippen LogP contribution < -0.4 is 9.64 Å². The van der Waals surface area contributed by atoms with Crippen LogP contribution in [0.15, 0.2) is 53.9 Å². The molecule has 7 nitrogen and oxygen atoms in total. The summed E-state index contributed by atoms with van der Waals surface area (Å²) in [6, 6.07) is 14.8. The SMILES string of the molecule is CC(=O)c1ccc(OCC(=O)N2CCN(c3ccc(-c4cccs4)nn3)CC2)cc1. The van der Waals surface area contributed by atoms with Crippen molar-refractivity contribution in [3.05, 3.63) is 59.5 Å². The van der Waals surface area contributed by atoms with Gasteiger partial charge in [0.1, 0.15) is 11.4 Å². The van der Waals surface area contributed by atoms with Crippen molar-refractivity contribution in [1.82, 2.24) is 15.1 Å². The van der Waals surface area contributed by atoms with Gasteiger partial charge >= 0.3 is 0 Å². The molecule has 3 aromatic rings. The van der Waals surface area contributed by atoms with Gasteiger partial charge in [-0.2, -0.15) is 0 Å². The predicted molar refractivity (Wildman–Crippen MR) is 116 cm³/mol. The zero-order chi connectivity index (χ0) is 20.9. The van der Waals surface area contributed by atoms with Gasteiger partial charge in [-0.25, -0.2) is 0 Å². The first-order valence-electron chi connectivity index (χ1n) is 9.74. The Morgan fingerprint density at radius 1 is 1.00 bits per heavy atom. The predicted octanol–water partition coefficient (Wildman–Crippen LogP) is 3.14. The normalized spacial score (nSPS) is 13.9. The van der Waals surface area contributed by atoms with E-state index in [2.05, 4.69) is 15.1 Å². The second-order valence-electron chi connectivity index (χ2n) is 6.99. The topological polar surface area (TPSA) is 75.6 Å². The van der Waals surface area contributed by atoms with Gasteiger partial charge < -0.3 is 14.5 Å². The van der Waals surface area contributed by atoms with Crippen molar-refractivity contribution in [1.29, 1.82) is 0 Å². The third kappa shape index (κ3) is 4.65. The first-order chi connectivity index (χ1) is 14.6. The molecule has 4 rings (SSSR count). The Morgan fingerprint density at radius 2 is 1.77 bits per heavy atom. The Kier molecular flexibility index (Phi) is 6.04. The fraction of sp³-hybridized carbons (Fsp3) is 0.273. The van der Waals surface area contributed by atoms with E-state index in [1.54, 1.807) is 40.5 Å². The summed E-state index contributed by atoms with van der Waals surface area (Å²) in [5.74, 6) is 1.35. The molecule has 1 fully saturated rings. The van der Waals surface area contributed by atoms with Crippen LogP contribution in [-0.2, 0) is 4.79 Å². The van der Waals surface area contributed by atoms with Crippen molar-refractivity contribution in [3.63, 3.8) is 0 Å². The van der Waals surface area contributed by atoms with Crippen molar-refractivity contribution < 1.29 is 14.3 Å². The molecule has 30 heavy (non-hydrogen) atoms. The summed E-state index contributed by atoms with van der Waals surface area (Å²) in [4.78, 5) is 28.8. The lowest BCUT2D eigenvalue weighted by molar-refractivity contribution is -0.133. The molecule has 1 amide bonds. The number of ketones is 1. The van der Waals surface area contributed by atoms with Gasteiger partial charge in [-0.05, 0) is 54.8 Å². The molecule has 0 N–H and O–H groups in total. The zero-order valence-electron chi connectivity index (χ0n) is 16.7. The number of ether oxygens (including phenoxy) is 1. The third-order valence-corrected chi connectivity index (χ3v) is 5.90. The highest BCUT2D eigenvalue weighted by Gasteiger charge is 2.22. The number of aromatic nitrogens is 2. The average Bonchev–Trinajstić information content (AvgIpc) is 3.33. The van der Waals surface area contributed by atoms with Crippen LogP contribution >= 0.6 is 11.3 Å². The number of benzene rings is 1. The molecular weight excluding hydrogens is 400 g/mol. The summed E-state index contributed by atoms with van der Waals surface area (Å²) in [6.07, 6.45) is 0. The van der Waals surface area contributed by atoms with Crippen LogP contribution in [0, 0.1) is 0 Å². The van der Waals surface area contributed by atoms with Crippen LogP contribution in [0.3, 0.4) is 0 Å². The van der Waals surface area contributed by atoms with Gasteiger partial charge in [-0.1, -0.05) is 6.07 Å². The number of anilines is 1. The lowest BCUT2D eigenvalue weighted by Crippen LogP contribution is -2.50. The molecule has 1 aliphatic rings. The second-order valence-corrected chi connectivity index (χ2v) is 7.94. The highest BCUT2D eigenvalue weighted by molar-refractivity contribution is 7.13. The first-order valence-corrected chi connectivity index (χ1v) is 10.6. The number of nitrogens with zero attached hydrogens (tertiary/aromatic N) is 4. The van der Waals surface area contributed by atoms with Crippen molar-refractivity contribution in [3.8, 4) is 16.3 Å².